The maximum absolute atomic E-state index is 11.2. The van der Waals surface area contributed by atoms with Gasteiger partial charge in [0.1, 0.15) is 14.0 Å². The molecule has 76 valence electrons. The van der Waals surface area contributed by atoms with Gasteiger partial charge < -0.3 is 14.4 Å². The van der Waals surface area contributed by atoms with Gasteiger partial charge >= 0.3 is 0 Å². The molecule has 7 heteroatoms. The van der Waals surface area contributed by atoms with E-state index >= 15 is 0 Å². The quantitative estimate of drug-likeness (QED) is 0.398. The minimum Gasteiger partial charge on any atom is -0.394 e. The van der Waals surface area contributed by atoms with Crippen LogP contribution in [0.25, 0.3) is 0 Å². The molecule has 0 radical (unpaired) electrons. The summed E-state index contributed by atoms with van der Waals surface area (Å²) < 4.78 is 21.8. The molecule has 4 atom stereocenters. The van der Waals surface area contributed by atoms with Gasteiger partial charge in [0.15, 0.2) is 0 Å². The van der Waals surface area contributed by atoms with Gasteiger partial charge in [-0.2, -0.15) is 0 Å². The van der Waals surface area contributed by atoms with E-state index in [2.05, 4.69) is 12.2 Å². The van der Waals surface area contributed by atoms with E-state index in [0.717, 1.165) is 0 Å². The number of aliphatic hydroxyl groups excluding tert-OH is 1. The van der Waals surface area contributed by atoms with E-state index in [9.17, 15) is 4.57 Å². The van der Waals surface area contributed by atoms with Crippen LogP contribution >= 0.6 is 18.8 Å². The Kier molecular flexibility index (Phi) is 3.89. The Morgan fingerprint density at radius 2 is 2.46 bits per heavy atom. The molecule has 1 N–H and O–H groups in total. The van der Waals surface area contributed by atoms with Crippen LogP contribution in [0.15, 0.2) is 0 Å². The van der Waals surface area contributed by atoms with Gasteiger partial charge in [-0.15, -0.1) is 0 Å². The molecule has 0 spiro atoms. The average molecular weight is 224 g/mol. The van der Waals surface area contributed by atoms with Crippen LogP contribution < -0.4 is 0 Å². The van der Waals surface area contributed by atoms with E-state index in [1.54, 1.807) is 0 Å². The molecule has 1 heterocycles. The van der Waals surface area contributed by atoms with Gasteiger partial charge in [-0.05, 0) is 6.42 Å². The summed E-state index contributed by atoms with van der Waals surface area (Å²) in [5.74, 6) is 0. The molecule has 0 saturated carbocycles. The second-order valence-corrected chi connectivity index (χ2v) is 7.35. The van der Waals surface area contributed by atoms with Crippen molar-refractivity contribution in [2.24, 2.45) is 0 Å². The highest BCUT2D eigenvalue weighted by Gasteiger charge is 2.35. The second-order valence-electron chi connectivity index (χ2n) is 3.35. The van der Waals surface area contributed by atoms with Crippen molar-refractivity contribution in [2.75, 3.05) is 13.3 Å². The molecule has 1 fully saturated rings. The van der Waals surface area contributed by atoms with Crippen molar-refractivity contribution in [3.63, 3.8) is 0 Å². The molecule has 13 heavy (non-hydrogen) atoms. The summed E-state index contributed by atoms with van der Waals surface area (Å²) in [6.45, 7) is -1.46. The normalized spacial score (nSPS) is 38.8. The average Bonchev–Trinajstić information content (AvgIpc) is 2.27. The molecule has 1 saturated heterocycles. The Labute approximate surface area is 84.0 Å². The molecule has 0 aromatic carbocycles. The first-order chi connectivity index (χ1) is 5.92. The molecular weight excluding hydrogens is 210 g/mol. The summed E-state index contributed by atoms with van der Waals surface area (Å²) in [5, 5.41) is 8.93. The zero-order valence-corrected chi connectivity index (χ0v) is 9.50. The number of hydrogen-bond donors (Lipinski definition) is 2. The van der Waals surface area contributed by atoms with Crippen LogP contribution in [-0.2, 0) is 13.8 Å². The molecule has 1 rings (SSSR count). The lowest BCUT2D eigenvalue weighted by Crippen LogP contribution is -2.26. The number of rotatable bonds is 3. The van der Waals surface area contributed by atoms with Crippen molar-refractivity contribution in [3.05, 3.63) is 0 Å². The lowest BCUT2D eigenvalue weighted by Gasteiger charge is -2.18. The third-order valence-electron chi connectivity index (χ3n) is 1.90. The second kappa shape index (κ2) is 4.36. The first kappa shape index (κ1) is 11.6. The van der Waals surface area contributed by atoms with E-state index in [-0.39, 0.29) is 24.8 Å². The molecule has 0 amide bonds. The Morgan fingerprint density at radius 3 is 2.92 bits per heavy atom. The summed E-state index contributed by atoms with van der Waals surface area (Å²) in [6, 6.07) is 0.0435. The Balaban J connectivity index is 2.54. The van der Waals surface area contributed by atoms with Crippen molar-refractivity contribution < 1.29 is 18.9 Å². The predicted octanol–water partition coefficient (Wildman–Crippen LogP) is -0.135. The summed E-state index contributed by atoms with van der Waals surface area (Å²) in [6.07, 6.45) is -0.00682. The predicted molar refractivity (Wildman–Crippen MR) is 56.3 cm³/mol. The van der Waals surface area contributed by atoms with Crippen molar-refractivity contribution in [3.8, 4) is 0 Å². The smallest absolute Gasteiger partial charge is 0.252 e. The molecule has 0 aliphatic carbocycles. The van der Waals surface area contributed by atoms with Crippen LogP contribution in [0.5, 0.6) is 0 Å². The number of hydrogen-bond acceptors (Lipinski definition) is 4. The van der Waals surface area contributed by atoms with Crippen LogP contribution in [0, 0.1) is 0 Å². The van der Waals surface area contributed by atoms with Crippen molar-refractivity contribution in [1.29, 1.82) is 0 Å². The summed E-state index contributed by atoms with van der Waals surface area (Å²) in [4.78, 5) is 0. The Morgan fingerprint density at radius 1 is 1.85 bits per heavy atom. The van der Waals surface area contributed by atoms with Gasteiger partial charge in [-0.25, -0.2) is 0 Å². The van der Waals surface area contributed by atoms with Crippen LogP contribution in [0.1, 0.15) is 6.42 Å². The summed E-state index contributed by atoms with van der Waals surface area (Å²) in [5.41, 5.74) is 0. The SMILES string of the molecule is B[C@H]1CC(OP(C)(=O)S)[C@@H](CO)O1. The molecule has 2 unspecified atom stereocenters. The van der Waals surface area contributed by atoms with Crippen LogP contribution in [0.3, 0.4) is 0 Å². The largest absolute Gasteiger partial charge is 0.394 e. The zero-order chi connectivity index (χ0) is 10.1. The Bertz CT molecular complexity index is 221. The first-order valence-electron chi connectivity index (χ1n) is 4.17. The van der Waals surface area contributed by atoms with Crippen molar-refractivity contribution in [1.82, 2.24) is 0 Å². The Hall–Kier alpha value is 0.525. The molecular formula is C6H14BO4PS. The van der Waals surface area contributed by atoms with Gasteiger partial charge in [0.2, 0.25) is 0 Å². The highest BCUT2D eigenvalue weighted by Crippen LogP contribution is 2.50. The van der Waals surface area contributed by atoms with Crippen LogP contribution in [0.2, 0.25) is 0 Å². The lowest BCUT2D eigenvalue weighted by molar-refractivity contribution is 0.00552. The van der Waals surface area contributed by atoms with Gasteiger partial charge in [-0.1, -0.05) is 12.2 Å². The lowest BCUT2D eigenvalue weighted by atomic mass is 9.96. The highest BCUT2D eigenvalue weighted by atomic mass is 32.7. The van der Waals surface area contributed by atoms with Crippen LogP contribution in [-0.4, -0.2) is 44.4 Å². The minimum absolute atomic E-state index is 0.0435. The standard InChI is InChI=1S/C6H14BO4PS/c1-12(9,13)11-4-2-6(7)10-5(4)3-8/h4-6,8H,2-3,7H2,1H3,(H,9,13)/t4?,5-,6-,12?/m1/s1. The topological polar surface area (TPSA) is 55.8 Å². The fraction of sp³-hybridized carbons (Fsp3) is 1.00. The van der Waals surface area contributed by atoms with E-state index in [1.807, 2.05) is 7.85 Å². The van der Waals surface area contributed by atoms with E-state index < -0.39 is 6.57 Å². The molecule has 0 aromatic rings. The third kappa shape index (κ3) is 3.64. The minimum atomic E-state index is -2.79. The van der Waals surface area contributed by atoms with Gasteiger partial charge in [-0.3, -0.25) is 4.57 Å². The summed E-state index contributed by atoms with van der Waals surface area (Å²) >= 11 is 3.83. The number of aliphatic hydroxyl groups is 1. The maximum Gasteiger partial charge on any atom is 0.252 e. The summed E-state index contributed by atoms with van der Waals surface area (Å²) in [7, 11) is 1.89. The number of ether oxygens (including phenoxy) is 1. The van der Waals surface area contributed by atoms with Gasteiger partial charge in [0, 0.05) is 12.7 Å². The first-order valence-corrected chi connectivity index (χ1v) is 7.40. The fourth-order valence-corrected chi connectivity index (χ4v) is 2.53. The van der Waals surface area contributed by atoms with E-state index in [4.69, 9.17) is 14.4 Å². The fourth-order valence-electron chi connectivity index (χ4n) is 1.44. The van der Waals surface area contributed by atoms with Crippen molar-refractivity contribution in [2.45, 2.75) is 24.6 Å². The van der Waals surface area contributed by atoms with Crippen LogP contribution in [0.4, 0.5) is 0 Å². The number of thiol groups is 1. The monoisotopic (exact) mass is 224 g/mol. The van der Waals surface area contributed by atoms with Gasteiger partial charge in [0.05, 0.1) is 12.7 Å². The van der Waals surface area contributed by atoms with E-state index in [1.165, 1.54) is 6.66 Å². The molecule has 0 bridgehead atoms. The highest BCUT2D eigenvalue weighted by molar-refractivity contribution is 8.46. The van der Waals surface area contributed by atoms with E-state index in [0.29, 0.717) is 6.42 Å². The zero-order valence-electron chi connectivity index (χ0n) is 7.71. The molecule has 4 nitrogen and oxygen atoms in total. The van der Waals surface area contributed by atoms with Gasteiger partial charge in [0.25, 0.3) is 6.57 Å². The third-order valence-corrected chi connectivity index (χ3v) is 2.84. The molecule has 0 aromatic heterocycles. The van der Waals surface area contributed by atoms with Crippen molar-refractivity contribution >= 4 is 26.7 Å². The molecule has 1 aliphatic rings. The maximum atomic E-state index is 11.2. The molecule has 1 aliphatic heterocycles.